The number of likely N-dealkylation sites (tertiary alicyclic amines) is 1. The summed E-state index contributed by atoms with van der Waals surface area (Å²) in [6, 6.07) is 14.6. The minimum absolute atomic E-state index is 0.0131. The molecule has 5 rings (SSSR count). The Hall–Kier alpha value is -2.62. The van der Waals surface area contributed by atoms with Crippen molar-refractivity contribution in [1.82, 2.24) is 4.90 Å². The Bertz CT molecular complexity index is 1080. The van der Waals surface area contributed by atoms with Crippen molar-refractivity contribution in [3.63, 3.8) is 0 Å². The number of piperidine rings is 1. The van der Waals surface area contributed by atoms with E-state index in [0.717, 1.165) is 30.6 Å². The molecule has 0 unspecified atom stereocenters. The van der Waals surface area contributed by atoms with Crippen molar-refractivity contribution in [2.45, 2.75) is 64.3 Å². The summed E-state index contributed by atoms with van der Waals surface area (Å²) >= 11 is 0. The Morgan fingerprint density at radius 1 is 1.03 bits per heavy atom. The molecule has 2 heterocycles. The maximum Gasteiger partial charge on any atom is 0.254 e. The highest BCUT2D eigenvalue weighted by Crippen LogP contribution is 2.56. The molecule has 30 heavy (non-hydrogen) atoms. The number of hydrogen-bond acceptors (Lipinski definition) is 2. The van der Waals surface area contributed by atoms with Crippen LogP contribution >= 0.6 is 0 Å². The van der Waals surface area contributed by atoms with Gasteiger partial charge in [0.25, 0.3) is 5.91 Å². The Labute approximate surface area is 178 Å². The lowest BCUT2D eigenvalue weighted by molar-refractivity contribution is -0.119. The molecule has 2 amide bonds. The molecule has 2 bridgehead atoms. The lowest BCUT2D eigenvalue weighted by Crippen LogP contribution is -2.64. The van der Waals surface area contributed by atoms with E-state index in [2.05, 4.69) is 55.3 Å². The fraction of sp³-hybridized carbons (Fsp3) is 0.462. The number of rotatable bonds is 1. The van der Waals surface area contributed by atoms with Crippen LogP contribution in [-0.4, -0.2) is 29.3 Å². The molecule has 0 saturated carbocycles. The van der Waals surface area contributed by atoms with Crippen LogP contribution in [0.3, 0.4) is 0 Å². The van der Waals surface area contributed by atoms with Gasteiger partial charge >= 0.3 is 0 Å². The van der Waals surface area contributed by atoms with Crippen LogP contribution in [0.4, 0.5) is 5.69 Å². The van der Waals surface area contributed by atoms with E-state index in [4.69, 9.17) is 0 Å². The number of nitrogens with one attached hydrogen (secondary N) is 1. The minimum Gasteiger partial charge on any atom is -0.335 e. The molecule has 2 atom stereocenters. The molecule has 156 valence electrons. The van der Waals surface area contributed by atoms with Crippen molar-refractivity contribution >= 4 is 17.5 Å². The largest absolute Gasteiger partial charge is 0.335 e. The SMILES string of the molecule is CC1(C)C(=O)Nc2ccc(C(=O)N3CC[C@@]4(C)c5ccccc5C[C@@H]3C4(C)C)cc21. The van der Waals surface area contributed by atoms with Crippen molar-refractivity contribution in [3.8, 4) is 0 Å². The van der Waals surface area contributed by atoms with Gasteiger partial charge < -0.3 is 10.2 Å². The Morgan fingerprint density at radius 2 is 1.77 bits per heavy atom. The summed E-state index contributed by atoms with van der Waals surface area (Å²) in [5.74, 6) is 0.0633. The summed E-state index contributed by atoms with van der Waals surface area (Å²) in [6.07, 6.45) is 1.84. The monoisotopic (exact) mass is 402 g/mol. The number of carbonyl (C=O) groups is 2. The van der Waals surface area contributed by atoms with E-state index in [1.54, 1.807) is 0 Å². The third-order valence-corrected chi connectivity index (χ3v) is 8.53. The molecule has 2 aliphatic heterocycles. The quantitative estimate of drug-likeness (QED) is 0.753. The van der Waals surface area contributed by atoms with E-state index >= 15 is 0 Å². The molecule has 1 fully saturated rings. The molecule has 0 spiro atoms. The lowest BCUT2D eigenvalue weighted by atomic mass is 9.51. The molecule has 1 aliphatic carbocycles. The van der Waals surface area contributed by atoms with E-state index in [1.807, 2.05) is 32.0 Å². The van der Waals surface area contributed by atoms with Gasteiger partial charge in [-0.05, 0) is 67.0 Å². The van der Waals surface area contributed by atoms with Gasteiger partial charge in [-0.15, -0.1) is 0 Å². The van der Waals surface area contributed by atoms with Gasteiger partial charge in [0.05, 0.1) is 5.41 Å². The number of nitrogens with zero attached hydrogens (tertiary/aromatic N) is 1. The maximum absolute atomic E-state index is 13.7. The number of fused-ring (bicyclic) bond motifs is 5. The van der Waals surface area contributed by atoms with Crippen LogP contribution in [-0.2, 0) is 22.0 Å². The van der Waals surface area contributed by atoms with Crippen molar-refractivity contribution in [2.24, 2.45) is 5.41 Å². The zero-order chi connectivity index (χ0) is 21.5. The number of carbonyl (C=O) groups excluding carboxylic acids is 2. The second-order valence-corrected chi connectivity index (χ2v) is 10.5. The molecule has 0 radical (unpaired) electrons. The summed E-state index contributed by atoms with van der Waals surface area (Å²) < 4.78 is 0. The summed E-state index contributed by atoms with van der Waals surface area (Å²) in [5, 5.41) is 2.93. The van der Waals surface area contributed by atoms with Crippen molar-refractivity contribution < 1.29 is 9.59 Å². The van der Waals surface area contributed by atoms with Gasteiger partial charge in [0.1, 0.15) is 0 Å². The second-order valence-electron chi connectivity index (χ2n) is 10.5. The van der Waals surface area contributed by atoms with E-state index in [0.29, 0.717) is 5.56 Å². The van der Waals surface area contributed by atoms with Gasteiger partial charge in [-0.25, -0.2) is 0 Å². The first-order valence-electron chi connectivity index (χ1n) is 10.9. The number of hydrogen-bond donors (Lipinski definition) is 1. The third kappa shape index (κ3) is 2.33. The van der Waals surface area contributed by atoms with E-state index in [-0.39, 0.29) is 28.7 Å². The molecular formula is C26H30N2O2. The number of anilines is 1. The summed E-state index contributed by atoms with van der Waals surface area (Å²) in [4.78, 5) is 28.1. The lowest BCUT2D eigenvalue weighted by Gasteiger charge is -2.60. The minimum atomic E-state index is -0.616. The first-order chi connectivity index (χ1) is 14.1. The van der Waals surface area contributed by atoms with Crippen LogP contribution in [0.1, 0.15) is 68.1 Å². The summed E-state index contributed by atoms with van der Waals surface area (Å²) in [6.45, 7) is 11.6. The van der Waals surface area contributed by atoms with E-state index in [1.165, 1.54) is 11.1 Å². The van der Waals surface area contributed by atoms with E-state index in [9.17, 15) is 9.59 Å². The molecule has 1 saturated heterocycles. The third-order valence-electron chi connectivity index (χ3n) is 8.53. The van der Waals surface area contributed by atoms with Gasteiger partial charge in [0.2, 0.25) is 5.91 Å². The highest BCUT2D eigenvalue weighted by molar-refractivity contribution is 6.07. The number of benzene rings is 2. The van der Waals surface area contributed by atoms with Crippen LogP contribution in [0.2, 0.25) is 0 Å². The van der Waals surface area contributed by atoms with Crippen LogP contribution in [0.25, 0.3) is 0 Å². The zero-order valence-electron chi connectivity index (χ0n) is 18.5. The molecule has 4 heteroatoms. The molecule has 0 aromatic heterocycles. The Balaban J connectivity index is 1.54. The van der Waals surface area contributed by atoms with Gasteiger partial charge in [0, 0.05) is 29.3 Å². The fourth-order valence-electron chi connectivity index (χ4n) is 5.98. The predicted molar refractivity (Wildman–Crippen MR) is 119 cm³/mol. The topological polar surface area (TPSA) is 49.4 Å². The first-order valence-corrected chi connectivity index (χ1v) is 10.9. The highest BCUT2D eigenvalue weighted by atomic mass is 16.2. The van der Waals surface area contributed by atoms with Crippen molar-refractivity contribution in [1.29, 1.82) is 0 Å². The van der Waals surface area contributed by atoms with Gasteiger partial charge in [-0.2, -0.15) is 0 Å². The summed E-state index contributed by atoms with van der Waals surface area (Å²) in [7, 11) is 0. The first kappa shape index (κ1) is 19.3. The van der Waals surface area contributed by atoms with Gasteiger partial charge in [-0.1, -0.05) is 45.0 Å². The molecule has 3 aliphatic rings. The average molecular weight is 403 g/mol. The molecule has 2 aromatic rings. The average Bonchev–Trinajstić information content (AvgIpc) is 2.93. The number of amides is 2. The van der Waals surface area contributed by atoms with Crippen LogP contribution in [0, 0.1) is 5.41 Å². The van der Waals surface area contributed by atoms with Gasteiger partial charge in [0.15, 0.2) is 0 Å². The van der Waals surface area contributed by atoms with Crippen LogP contribution in [0.5, 0.6) is 0 Å². The summed E-state index contributed by atoms with van der Waals surface area (Å²) in [5.41, 5.74) is 4.64. The second kappa shape index (κ2) is 5.96. The Morgan fingerprint density at radius 3 is 2.53 bits per heavy atom. The van der Waals surface area contributed by atoms with Crippen molar-refractivity contribution in [3.05, 3.63) is 64.7 Å². The highest BCUT2D eigenvalue weighted by Gasteiger charge is 2.56. The Kier molecular flexibility index (Phi) is 3.85. The van der Waals surface area contributed by atoms with E-state index < -0.39 is 5.41 Å². The normalized spacial score (nSPS) is 27.8. The van der Waals surface area contributed by atoms with Crippen LogP contribution in [0.15, 0.2) is 42.5 Å². The molecular weight excluding hydrogens is 372 g/mol. The smallest absolute Gasteiger partial charge is 0.254 e. The molecule has 1 N–H and O–H groups in total. The standard InChI is InChI=1S/C26H30N2O2/c1-24(2)19-14-17(10-11-20(19)27-23(24)30)22(29)28-13-12-26(5)18-9-7-6-8-16(18)15-21(28)25(26,3)4/h6-11,14,21H,12-13,15H2,1-5H3,(H,27,30)/t21-,26+/m1/s1. The maximum atomic E-state index is 13.7. The van der Waals surface area contributed by atoms with Gasteiger partial charge in [-0.3, -0.25) is 9.59 Å². The zero-order valence-corrected chi connectivity index (χ0v) is 18.5. The predicted octanol–water partition coefficient (Wildman–Crippen LogP) is 4.67. The molecule has 2 aromatic carbocycles. The fourth-order valence-corrected chi connectivity index (χ4v) is 5.98. The van der Waals surface area contributed by atoms with Crippen molar-refractivity contribution in [2.75, 3.05) is 11.9 Å². The molecule has 4 nitrogen and oxygen atoms in total. The van der Waals surface area contributed by atoms with Crippen LogP contribution < -0.4 is 5.32 Å².